The van der Waals surface area contributed by atoms with Crippen molar-refractivity contribution in [3.8, 4) is 0 Å². The third-order valence-electron chi connectivity index (χ3n) is 3.19. The van der Waals surface area contributed by atoms with Crippen LogP contribution >= 0.6 is 0 Å². The Morgan fingerprint density at radius 1 is 1.44 bits per heavy atom. The molecule has 0 saturated carbocycles. The molecular formula is C12H16N4. The van der Waals surface area contributed by atoms with E-state index in [-0.39, 0.29) is 0 Å². The van der Waals surface area contributed by atoms with Crippen molar-refractivity contribution in [1.29, 1.82) is 0 Å². The third kappa shape index (κ3) is 1.54. The topological polar surface area (TPSA) is 40.5 Å². The average Bonchev–Trinajstić information content (AvgIpc) is 2.70. The van der Waals surface area contributed by atoms with Crippen LogP contribution in [0, 0.1) is 0 Å². The fourth-order valence-corrected chi connectivity index (χ4v) is 2.47. The van der Waals surface area contributed by atoms with Crippen LogP contribution in [0.15, 0.2) is 29.4 Å². The number of hydrogen-bond donors (Lipinski definition) is 1. The molecule has 1 fully saturated rings. The molecule has 1 aromatic heterocycles. The Balaban J connectivity index is 1.90. The van der Waals surface area contributed by atoms with Crippen LogP contribution < -0.4 is 5.32 Å². The summed E-state index contributed by atoms with van der Waals surface area (Å²) >= 11 is 0. The van der Waals surface area contributed by atoms with Crippen LogP contribution in [0.25, 0.3) is 0 Å². The fraction of sp³-hybridized carbons (Fsp3) is 0.500. The minimum absolute atomic E-state index is 0.395. The van der Waals surface area contributed by atoms with Gasteiger partial charge in [-0.15, -0.1) is 0 Å². The zero-order valence-electron chi connectivity index (χ0n) is 9.43. The van der Waals surface area contributed by atoms with Crippen LogP contribution in [-0.4, -0.2) is 35.0 Å². The van der Waals surface area contributed by atoms with Gasteiger partial charge < -0.3 is 10.2 Å². The Hall–Kier alpha value is -1.58. The molecule has 0 bridgehead atoms. The highest BCUT2D eigenvalue weighted by molar-refractivity contribution is 5.83. The maximum Gasteiger partial charge on any atom is 0.194 e. The van der Waals surface area contributed by atoms with E-state index in [2.05, 4.69) is 39.2 Å². The second-order valence-corrected chi connectivity index (χ2v) is 4.46. The molecule has 0 aliphatic carbocycles. The first kappa shape index (κ1) is 9.63. The van der Waals surface area contributed by atoms with E-state index in [1.165, 1.54) is 0 Å². The first-order chi connectivity index (χ1) is 7.84. The Bertz CT molecular complexity index is 401. The van der Waals surface area contributed by atoms with E-state index in [9.17, 15) is 0 Å². The van der Waals surface area contributed by atoms with E-state index in [1.807, 2.05) is 12.3 Å². The molecular weight excluding hydrogens is 200 g/mol. The minimum Gasteiger partial charge on any atom is -0.352 e. The van der Waals surface area contributed by atoms with Crippen molar-refractivity contribution in [2.45, 2.75) is 25.4 Å². The second-order valence-electron chi connectivity index (χ2n) is 4.46. The monoisotopic (exact) mass is 216 g/mol. The Morgan fingerprint density at radius 2 is 2.38 bits per heavy atom. The Morgan fingerprint density at radius 3 is 3.19 bits per heavy atom. The van der Waals surface area contributed by atoms with Crippen LogP contribution in [0.4, 0.5) is 0 Å². The molecule has 0 spiro atoms. The lowest BCUT2D eigenvalue weighted by Crippen LogP contribution is -2.37. The number of rotatable bonds is 1. The lowest BCUT2D eigenvalue weighted by molar-refractivity contribution is 0.299. The van der Waals surface area contributed by atoms with Gasteiger partial charge in [0, 0.05) is 25.3 Å². The van der Waals surface area contributed by atoms with Crippen molar-refractivity contribution in [3.63, 3.8) is 0 Å². The van der Waals surface area contributed by atoms with Crippen molar-refractivity contribution >= 4 is 5.96 Å². The van der Waals surface area contributed by atoms with Gasteiger partial charge in [0.15, 0.2) is 5.96 Å². The summed E-state index contributed by atoms with van der Waals surface area (Å²) in [5.74, 6) is 1.05. The molecule has 2 unspecified atom stereocenters. The maximum atomic E-state index is 4.52. The summed E-state index contributed by atoms with van der Waals surface area (Å²) in [6, 6.07) is 7.01. The van der Waals surface area contributed by atoms with E-state index in [1.54, 1.807) is 0 Å². The first-order valence-electron chi connectivity index (χ1n) is 5.83. The molecule has 84 valence electrons. The summed E-state index contributed by atoms with van der Waals surface area (Å²) < 4.78 is 0. The van der Waals surface area contributed by atoms with Gasteiger partial charge in [-0.3, -0.25) is 9.98 Å². The predicted molar refractivity (Wildman–Crippen MR) is 63.2 cm³/mol. The highest BCUT2D eigenvalue weighted by atomic mass is 15.4. The quantitative estimate of drug-likeness (QED) is 0.766. The molecule has 0 radical (unpaired) electrons. The summed E-state index contributed by atoms with van der Waals surface area (Å²) in [6.07, 6.45) is 2.93. The summed E-state index contributed by atoms with van der Waals surface area (Å²) in [5, 5.41) is 3.40. The summed E-state index contributed by atoms with van der Waals surface area (Å²) in [7, 11) is 0. The predicted octanol–water partition coefficient (Wildman–Crippen LogP) is 1.18. The highest BCUT2D eigenvalue weighted by Crippen LogP contribution is 2.28. The van der Waals surface area contributed by atoms with Crippen LogP contribution in [0.2, 0.25) is 0 Å². The molecule has 1 N–H and O–H groups in total. The van der Waals surface area contributed by atoms with Crippen molar-refractivity contribution < 1.29 is 0 Å². The third-order valence-corrected chi connectivity index (χ3v) is 3.19. The molecule has 16 heavy (non-hydrogen) atoms. The van der Waals surface area contributed by atoms with Crippen molar-refractivity contribution in [2.75, 3.05) is 13.1 Å². The van der Waals surface area contributed by atoms with E-state index in [4.69, 9.17) is 0 Å². The number of hydrogen-bond acceptors (Lipinski definition) is 4. The van der Waals surface area contributed by atoms with Gasteiger partial charge >= 0.3 is 0 Å². The van der Waals surface area contributed by atoms with Gasteiger partial charge in [-0.25, -0.2) is 0 Å². The lowest BCUT2D eigenvalue weighted by Gasteiger charge is -2.31. The van der Waals surface area contributed by atoms with Crippen molar-refractivity contribution in [1.82, 2.24) is 15.2 Å². The molecule has 1 aromatic rings. The zero-order valence-corrected chi connectivity index (χ0v) is 9.43. The summed E-state index contributed by atoms with van der Waals surface area (Å²) in [6.45, 7) is 4.11. The van der Waals surface area contributed by atoms with E-state index in [0.29, 0.717) is 12.1 Å². The van der Waals surface area contributed by atoms with Gasteiger partial charge in [-0.05, 0) is 25.5 Å². The standard InChI is InChI=1S/C12H16N4/c1-9-8-16-11(5-7-14-12(16)15-9)10-4-2-3-6-13-10/h2-4,6,9,11H,5,7-8H2,1H3,(H,14,15). The van der Waals surface area contributed by atoms with Crippen LogP contribution in [-0.2, 0) is 0 Å². The molecule has 3 heterocycles. The molecule has 0 amide bonds. The van der Waals surface area contributed by atoms with Crippen LogP contribution in [0.5, 0.6) is 0 Å². The molecule has 1 saturated heterocycles. The number of nitrogens with zero attached hydrogens (tertiary/aromatic N) is 3. The second kappa shape index (κ2) is 3.77. The molecule has 4 nitrogen and oxygen atoms in total. The minimum atomic E-state index is 0.395. The number of guanidine groups is 1. The van der Waals surface area contributed by atoms with Gasteiger partial charge in [-0.1, -0.05) is 6.07 Å². The van der Waals surface area contributed by atoms with Gasteiger partial charge in [0.25, 0.3) is 0 Å². The fourth-order valence-electron chi connectivity index (χ4n) is 2.47. The number of nitrogens with one attached hydrogen (secondary N) is 1. The smallest absolute Gasteiger partial charge is 0.194 e. The molecule has 0 aromatic carbocycles. The van der Waals surface area contributed by atoms with Crippen molar-refractivity contribution in [3.05, 3.63) is 30.1 Å². The lowest BCUT2D eigenvalue weighted by atomic mass is 10.1. The summed E-state index contributed by atoms with van der Waals surface area (Å²) in [5.41, 5.74) is 1.16. The van der Waals surface area contributed by atoms with Gasteiger partial charge in [-0.2, -0.15) is 0 Å². The van der Waals surface area contributed by atoms with Gasteiger partial charge in [0.2, 0.25) is 0 Å². The number of fused-ring (bicyclic) bond motifs is 1. The van der Waals surface area contributed by atoms with Crippen molar-refractivity contribution in [2.24, 2.45) is 4.99 Å². The largest absolute Gasteiger partial charge is 0.352 e. The number of aromatic nitrogens is 1. The zero-order chi connectivity index (χ0) is 11.0. The SMILES string of the molecule is CC1CN2C(=NCCC2c2ccccn2)N1. The van der Waals surface area contributed by atoms with Crippen LogP contribution in [0.1, 0.15) is 25.1 Å². The molecule has 2 aliphatic rings. The van der Waals surface area contributed by atoms with E-state index < -0.39 is 0 Å². The molecule has 4 heteroatoms. The Labute approximate surface area is 95.4 Å². The van der Waals surface area contributed by atoms with E-state index >= 15 is 0 Å². The normalized spacial score (nSPS) is 28.3. The van der Waals surface area contributed by atoms with Gasteiger partial charge in [0.1, 0.15) is 0 Å². The Kier molecular flexibility index (Phi) is 2.27. The molecule has 2 atom stereocenters. The number of pyridine rings is 1. The van der Waals surface area contributed by atoms with Crippen LogP contribution in [0.3, 0.4) is 0 Å². The average molecular weight is 216 g/mol. The number of aliphatic imine (C=N–C) groups is 1. The highest BCUT2D eigenvalue weighted by Gasteiger charge is 2.33. The van der Waals surface area contributed by atoms with Gasteiger partial charge in [0.05, 0.1) is 11.7 Å². The summed E-state index contributed by atoms with van der Waals surface area (Å²) in [4.78, 5) is 11.3. The maximum absolute atomic E-state index is 4.52. The first-order valence-corrected chi connectivity index (χ1v) is 5.83. The molecule has 3 rings (SSSR count). The van der Waals surface area contributed by atoms with E-state index in [0.717, 1.165) is 31.2 Å². The molecule has 2 aliphatic heterocycles.